The highest BCUT2D eigenvalue weighted by molar-refractivity contribution is 8.18. The fourth-order valence-electron chi connectivity index (χ4n) is 3.49. The van der Waals surface area contributed by atoms with Gasteiger partial charge in [-0.3, -0.25) is 14.9 Å². The largest absolute Gasteiger partial charge is 0.358 e. The number of amides is 2. The maximum atomic E-state index is 11.7. The summed E-state index contributed by atoms with van der Waals surface area (Å²) in [6.45, 7) is 1.54. The number of para-hydroxylation sites is 1. The summed E-state index contributed by atoms with van der Waals surface area (Å²) in [7, 11) is 0. The summed E-state index contributed by atoms with van der Waals surface area (Å²) in [5.74, 6) is 0.238. The molecule has 4 heterocycles. The van der Waals surface area contributed by atoms with Crippen molar-refractivity contribution in [2.75, 3.05) is 11.4 Å². The molecule has 134 valence electrons. The van der Waals surface area contributed by atoms with Gasteiger partial charge in [-0.1, -0.05) is 18.2 Å². The molecule has 0 atom stereocenters. The number of H-pyrrole nitrogens is 1. The third kappa shape index (κ3) is 2.87. The van der Waals surface area contributed by atoms with Gasteiger partial charge >= 0.3 is 0 Å². The Hall–Kier alpha value is -3.13. The van der Waals surface area contributed by atoms with Gasteiger partial charge in [-0.25, -0.2) is 9.97 Å². The highest BCUT2D eigenvalue weighted by Gasteiger charge is 2.26. The molecule has 5 rings (SSSR count). The number of aromatic nitrogens is 3. The molecule has 0 radical (unpaired) electrons. The standard InChI is InChI=1S/C19H15N5O2S/c25-17-16(27-19(26)23-17)9-11-5-7-20-18(21-11)24-8-6-15-13(10-24)12-3-1-2-4-14(12)22-15/h1-5,7,9,22H,6,8,10H2,(H,23,25,26)/b16-9+. The van der Waals surface area contributed by atoms with Crippen molar-refractivity contribution >= 4 is 45.8 Å². The fraction of sp³-hybridized carbons (Fsp3) is 0.158. The zero-order valence-electron chi connectivity index (χ0n) is 14.2. The minimum absolute atomic E-state index is 0.349. The molecule has 0 saturated carbocycles. The maximum absolute atomic E-state index is 11.7. The van der Waals surface area contributed by atoms with Crippen LogP contribution < -0.4 is 10.2 Å². The van der Waals surface area contributed by atoms with Crippen molar-refractivity contribution in [1.82, 2.24) is 20.3 Å². The number of hydrogen-bond donors (Lipinski definition) is 2. The average molecular weight is 377 g/mol. The zero-order chi connectivity index (χ0) is 18.4. The number of carbonyl (C=O) groups excluding carboxylic acids is 2. The zero-order valence-corrected chi connectivity index (χ0v) is 15.0. The van der Waals surface area contributed by atoms with Crippen molar-refractivity contribution < 1.29 is 9.59 Å². The fourth-order valence-corrected chi connectivity index (χ4v) is 4.15. The number of nitrogens with one attached hydrogen (secondary N) is 2. The predicted octanol–water partition coefficient (Wildman–Crippen LogP) is 2.84. The molecule has 2 N–H and O–H groups in total. The third-order valence-corrected chi connectivity index (χ3v) is 5.56. The van der Waals surface area contributed by atoms with Gasteiger partial charge in [-0.05, 0) is 30.0 Å². The van der Waals surface area contributed by atoms with Crippen LogP contribution in [0.5, 0.6) is 0 Å². The number of fused-ring (bicyclic) bond motifs is 3. The van der Waals surface area contributed by atoms with Gasteiger partial charge in [-0.2, -0.15) is 0 Å². The molecule has 2 amide bonds. The lowest BCUT2D eigenvalue weighted by Crippen LogP contribution is -2.31. The lowest BCUT2D eigenvalue weighted by atomic mass is 10.0. The molecular formula is C19H15N5O2S. The van der Waals surface area contributed by atoms with E-state index in [2.05, 4.69) is 37.3 Å². The van der Waals surface area contributed by atoms with Crippen LogP contribution in [0.4, 0.5) is 10.7 Å². The van der Waals surface area contributed by atoms with Crippen LogP contribution in [0.1, 0.15) is 17.0 Å². The average Bonchev–Trinajstić information content (AvgIpc) is 3.20. The van der Waals surface area contributed by atoms with E-state index in [1.807, 2.05) is 12.1 Å². The summed E-state index contributed by atoms with van der Waals surface area (Å²) in [6, 6.07) is 10.0. The van der Waals surface area contributed by atoms with Crippen LogP contribution in [-0.4, -0.2) is 32.6 Å². The van der Waals surface area contributed by atoms with Crippen LogP contribution in [0.15, 0.2) is 41.4 Å². The molecule has 0 unspecified atom stereocenters. The number of benzene rings is 1. The van der Waals surface area contributed by atoms with E-state index in [0.717, 1.165) is 36.8 Å². The van der Waals surface area contributed by atoms with Gasteiger partial charge < -0.3 is 9.88 Å². The molecule has 27 heavy (non-hydrogen) atoms. The Kier molecular flexibility index (Phi) is 3.71. The van der Waals surface area contributed by atoms with Crippen LogP contribution in [0.25, 0.3) is 17.0 Å². The number of anilines is 1. The van der Waals surface area contributed by atoms with Crippen LogP contribution in [0, 0.1) is 0 Å². The summed E-state index contributed by atoms with van der Waals surface area (Å²) in [5, 5.41) is 3.12. The van der Waals surface area contributed by atoms with E-state index in [0.29, 0.717) is 16.5 Å². The molecule has 2 aliphatic rings. The van der Waals surface area contributed by atoms with Crippen LogP contribution in [-0.2, 0) is 17.8 Å². The number of imide groups is 1. The summed E-state index contributed by atoms with van der Waals surface area (Å²) in [6.07, 6.45) is 4.20. The first-order valence-electron chi connectivity index (χ1n) is 8.59. The quantitative estimate of drug-likeness (QED) is 0.668. The Bertz CT molecular complexity index is 1120. The monoisotopic (exact) mass is 377 g/mol. The number of carbonyl (C=O) groups is 2. The minimum Gasteiger partial charge on any atom is -0.358 e. The number of rotatable bonds is 2. The second kappa shape index (κ2) is 6.24. The van der Waals surface area contributed by atoms with Crippen molar-refractivity contribution in [3.8, 4) is 0 Å². The molecule has 7 nitrogen and oxygen atoms in total. The van der Waals surface area contributed by atoms with E-state index in [1.165, 1.54) is 16.6 Å². The Balaban J connectivity index is 1.45. The Morgan fingerprint density at radius 1 is 1.19 bits per heavy atom. The number of thioether (sulfide) groups is 1. The molecule has 8 heteroatoms. The second-order valence-electron chi connectivity index (χ2n) is 6.43. The van der Waals surface area contributed by atoms with E-state index < -0.39 is 0 Å². The third-order valence-electron chi connectivity index (χ3n) is 4.75. The first-order valence-corrected chi connectivity index (χ1v) is 9.40. The summed E-state index contributed by atoms with van der Waals surface area (Å²) in [5.41, 5.74) is 4.30. The van der Waals surface area contributed by atoms with E-state index in [-0.39, 0.29) is 11.1 Å². The topological polar surface area (TPSA) is 91.0 Å². The number of nitrogens with zero attached hydrogens (tertiary/aromatic N) is 3. The second-order valence-corrected chi connectivity index (χ2v) is 7.45. The van der Waals surface area contributed by atoms with Gasteiger partial charge in [0.25, 0.3) is 11.1 Å². The summed E-state index contributed by atoms with van der Waals surface area (Å²) < 4.78 is 0. The molecule has 2 aliphatic heterocycles. The van der Waals surface area contributed by atoms with Gasteiger partial charge in [0.15, 0.2) is 0 Å². The van der Waals surface area contributed by atoms with E-state index >= 15 is 0 Å². The molecule has 0 bridgehead atoms. The first-order chi connectivity index (χ1) is 13.2. The smallest absolute Gasteiger partial charge is 0.290 e. The molecular weight excluding hydrogens is 362 g/mol. The molecule has 0 aliphatic carbocycles. The Labute approximate surface area is 158 Å². The Morgan fingerprint density at radius 2 is 2.07 bits per heavy atom. The van der Waals surface area contributed by atoms with Crippen molar-refractivity contribution in [1.29, 1.82) is 0 Å². The van der Waals surface area contributed by atoms with Gasteiger partial charge in [0.2, 0.25) is 5.95 Å². The minimum atomic E-state index is -0.383. The van der Waals surface area contributed by atoms with Gasteiger partial charge in [0.05, 0.1) is 10.6 Å². The lowest BCUT2D eigenvalue weighted by molar-refractivity contribution is -0.115. The van der Waals surface area contributed by atoms with Crippen LogP contribution in [0.2, 0.25) is 0 Å². The summed E-state index contributed by atoms with van der Waals surface area (Å²) in [4.78, 5) is 38.0. The van der Waals surface area contributed by atoms with Crippen LogP contribution in [0.3, 0.4) is 0 Å². The van der Waals surface area contributed by atoms with Crippen molar-refractivity contribution in [2.24, 2.45) is 0 Å². The number of hydrogen-bond acceptors (Lipinski definition) is 6. The molecule has 1 saturated heterocycles. The molecule has 2 aromatic heterocycles. The van der Waals surface area contributed by atoms with E-state index in [4.69, 9.17) is 0 Å². The number of aromatic amines is 1. The van der Waals surface area contributed by atoms with Gasteiger partial charge in [0.1, 0.15) is 0 Å². The van der Waals surface area contributed by atoms with E-state index in [9.17, 15) is 9.59 Å². The lowest BCUT2D eigenvalue weighted by Gasteiger charge is -2.27. The van der Waals surface area contributed by atoms with Gasteiger partial charge in [0, 0.05) is 47.9 Å². The normalized spacial score (nSPS) is 18.2. The van der Waals surface area contributed by atoms with Gasteiger partial charge in [-0.15, -0.1) is 0 Å². The highest BCUT2D eigenvalue weighted by atomic mass is 32.2. The van der Waals surface area contributed by atoms with Crippen LogP contribution >= 0.6 is 11.8 Å². The van der Waals surface area contributed by atoms with Crippen molar-refractivity contribution in [3.63, 3.8) is 0 Å². The van der Waals surface area contributed by atoms with Crippen molar-refractivity contribution in [2.45, 2.75) is 13.0 Å². The SMILES string of the molecule is O=C1NC(=O)/C(=C\c2ccnc(N3CCc4[nH]c5ccccc5c4C3)n2)S1. The molecule has 1 aromatic carbocycles. The highest BCUT2D eigenvalue weighted by Crippen LogP contribution is 2.29. The molecule has 1 fully saturated rings. The Morgan fingerprint density at radius 3 is 2.93 bits per heavy atom. The van der Waals surface area contributed by atoms with E-state index in [1.54, 1.807) is 18.3 Å². The first kappa shape index (κ1) is 16.1. The molecule has 0 spiro atoms. The maximum Gasteiger partial charge on any atom is 0.290 e. The van der Waals surface area contributed by atoms with Crippen molar-refractivity contribution in [3.05, 3.63) is 58.4 Å². The predicted molar refractivity (Wildman–Crippen MR) is 104 cm³/mol. The molecule has 3 aromatic rings. The summed E-state index contributed by atoms with van der Waals surface area (Å²) >= 11 is 0.887.